The van der Waals surface area contributed by atoms with Crippen LogP contribution < -0.4 is 9.64 Å². The predicted octanol–water partition coefficient (Wildman–Crippen LogP) is 1.69. The van der Waals surface area contributed by atoms with Crippen molar-refractivity contribution in [2.45, 2.75) is 6.54 Å². The number of hydrogen-bond donors (Lipinski definition) is 4. The van der Waals surface area contributed by atoms with E-state index in [0.29, 0.717) is 12.3 Å². The Kier molecular flexibility index (Phi) is 2.86. The van der Waals surface area contributed by atoms with Gasteiger partial charge < -0.3 is 20.1 Å². The van der Waals surface area contributed by atoms with E-state index in [1.165, 1.54) is 0 Å². The van der Waals surface area contributed by atoms with Gasteiger partial charge in [-0.15, -0.1) is 0 Å². The molecular weight excluding hydrogens is 294 g/mol. The van der Waals surface area contributed by atoms with Crippen molar-refractivity contribution in [1.82, 2.24) is 0 Å². The lowest BCUT2D eigenvalue weighted by Gasteiger charge is -2.28. The molecule has 1 atom stereocenters. The lowest BCUT2D eigenvalue weighted by molar-refractivity contribution is -0.783. The molecule has 0 aromatic heterocycles. The number of aromatic hydroxyl groups is 3. The normalized spacial score (nSPS) is 17.8. The highest BCUT2D eigenvalue weighted by molar-refractivity contribution is 5.86. The van der Waals surface area contributed by atoms with Crippen molar-refractivity contribution >= 4 is 17.8 Å². The van der Waals surface area contributed by atoms with Crippen LogP contribution in [0.5, 0.6) is 23.0 Å². The number of phenolic OH excluding ortho intramolecular Hbond substituents is 3. The molecule has 5 heteroatoms. The van der Waals surface area contributed by atoms with Crippen LogP contribution in [-0.4, -0.2) is 22.4 Å². The number of quaternary nitrogens is 1. The quantitative estimate of drug-likeness (QED) is 0.605. The fourth-order valence-electron chi connectivity index (χ4n) is 3.26. The summed E-state index contributed by atoms with van der Waals surface area (Å²) in [6, 6.07) is 6.62. The molecule has 0 spiro atoms. The van der Waals surface area contributed by atoms with E-state index in [2.05, 4.69) is 0 Å². The Labute approximate surface area is 133 Å². The first kappa shape index (κ1) is 13.7. The summed E-state index contributed by atoms with van der Waals surface area (Å²) in [4.78, 5) is 1.08. The third-order valence-corrected chi connectivity index (χ3v) is 4.39. The molecule has 2 heterocycles. The highest BCUT2D eigenvalue weighted by atomic mass is 16.5. The summed E-state index contributed by atoms with van der Waals surface area (Å²) in [5.41, 5.74) is 4.69. The number of nitrogens with one attached hydrogen (secondary N) is 1. The number of methoxy groups -OCH3 is 1. The predicted molar refractivity (Wildman–Crippen MR) is 86.0 cm³/mol. The Morgan fingerprint density at radius 3 is 2.57 bits per heavy atom. The number of rotatable bonds is 1. The first-order chi connectivity index (χ1) is 11.1. The van der Waals surface area contributed by atoms with Crippen LogP contribution in [0, 0.1) is 0 Å². The standard InChI is InChI=1S/C18H15NO4/c1-23-18-13-9-19-5-4-11-7-16(21)17(22)8-12(11)14(19)6-10(13)2-3-15(18)20/h2-8,20-22H,9H2,1H3/p+1. The van der Waals surface area contributed by atoms with Crippen LogP contribution >= 0.6 is 0 Å². The first-order valence-electron chi connectivity index (χ1n) is 7.29. The second-order valence-corrected chi connectivity index (χ2v) is 5.71. The smallest absolute Gasteiger partial charge is 0.169 e. The molecule has 2 aliphatic rings. The lowest BCUT2D eigenvalue weighted by atomic mass is 9.92. The van der Waals surface area contributed by atoms with Crippen molar-refractivity contribution in [1.29, 1.82) is 0 Å². The largest absolute Gasteiger partial charge is 0.504 e. The van der Waals surface area contributed by atoms with E-state index in [1.54, 1.807) is 25.3 Å². The van der Waals surface area contributed by atoms with Crippen LogP contribution in [0.3, 0.4) is 0 Å². The molecule has 116 valence electrons. The lowest BCUT2D eigenvalue weighted by Crippen LogP contribution is -3.04. The van der Waals surface area contributed by atoms with E-state index in [4.69, 9.17) is 4.74 Å². The molecule has 0 aliphatic carbocycles. The molecule has 2 aromatic carbocycles. The molecule has 4 rings (SSSR count). The minimum atomic E-state index is -0.131. The molecule has 4 N–H and O–H groups in total. The second kappa shape index (κ2) is 4.79. The van der Waals surface area contributed by atoms with Gasteiger partial charge in [0.25, 0.3) is 0 Å². The van der Waals surface area contributed by atoms with Gasteiger partial charge in [-0.1, -0.05) is 6.07 Å². The molecule has 5 nitrogen and oxygen atoms in total. The Morgan fingerprint density at radius 1 is 1.00 bits per heavy atom. The Balaban J connectivity index is 1.92. The minimum Gasteiger partial charge on any atom is -0.504 e. The summed E-state index contributed by atoms with van der Waals surface area (Å²) in [5.74, 6) is 0.373. The molecular formula is C18H16NO4+. The molecule has 0 radical (unpaired) electrons. The maximum absolute atomic E-state index is 9.95. The van der Waals surface area contributed by atoms with Crippen molar-refractivity contribution in [3.05, 3.63) is 52.7 Å². The van der Waals surface area contributed by atoms with E-state index in [9.17, 15) is 15.3 Å². The van der Waals surface area contributed by atoms with Crippen molar-refractivity contribution in [3.63, 3.8) is 0 Å². The summed E-state index contributed by atoms with van der Waals surface area (Å²) in [7, 11) is 1.55. The maximum atomic E-state index is 9.95. The molecule has 1 unspecified atom stereocenters. The number of fused-ring (bicyclic) bond motifs is 4. The first-order valence-corrected chi connectivity index (χ1v) is 7.29. The van der Waals surface area contributed by atoms with Crippen LogP contribution in [0.15, 0.2) is 30.5 Å². The molecule has 2 aromatic rings. The summed E-state index contributed by atoms with van der Waals surface area (Å²) < 4.78 is 5.34. The minimum absolute atomic E-state index is 0.125. The van der Waals surface area contributed by atoms with Gasteiger partial charge in [0.2, 0.25) is 0 Å². The SMILES string of the molecule is COc1c(O)ccc2c1C[NH+]1C=Cc3cc(O)c(O)cc3C1=C2. The van der Waals surface area contributed by atoms with Crippen molar-refractivity contribution in [3.8, 4) is 23.0 Å². The zero-order valence-electron chi connectivity index (χ0n) is 12.5. The second-order valence-electron chi connectivity index (χ2n) is 5.71. The number of hydrogen-bond acceptors (Lipinski definition) is 4. The average molecular weight is 310 g/mol. The van der Waals surface area contributed by atoms with Gasteiger partial charge in [0.1, 0.15) is 18.4 Å². The summed E-state index contributed by atoms with van der Waals surface area (Å²) in [6.45, 7) is 0.635. The van der Waals surface area contributed by atoms with Gasteiger partial charge in [-0.3, -0.25) is 4.90 Å². The van der Waals surface area contributed by atoms with Gasteiger partial charge in [0.15, 0.2) is 23.0 Å². The molecule has 23 heavy (non-hydrogen) atoms. The Morgan fingerprint density at radius 2 is 1.78 bits per heavy atom. The fourth-order valence-corrected chi connectivity index (χ4v) is 3.26. The van der Waals surface area contributed by atoms with Gasteiger partial charge in [-0.2, -0.15) is 0 Å². The van der Waals surface area contributed by atoms with Crippen LogP contribution in [0.4, 0.5) is 0 Å². The van der Waals surface area contributed by atoms with E-state index >= 15 is 0 Å². The van der Waals surface area contributed by atoms with Crippen LogP contribution in [0.1, 0.15) is 22.3 Å². The van der Waals surface area contributed by atoms with Gasteiger partial charge in [0, 0.05) is 11.6 Å². The number of phenols is 3. The monoisotopic (exact) mass is 310 g/mol. The van der Waals surface area contributed by atoms with Crippen LogP contribution in [-0.2, 0) is 6.54 Å². The van der Waals surface area contributed by atoms with Crippen LogP contribution in [0.25, 0.3) is 17.8 Å². The number of ether oxygens (including phenoxy) is 1. The van der Waals surface area contributed by atoms with E-state index < -0.39 is 0 Å². The summed E-state index contributed by atoms with van der Waals surface area (Å²) in [6.07, 6.45) is 5.94. The van der Waals surface area contributed by atoms with Gasteiger partial charge in [-0.05, 0) is 35.4 Å². The van der Waals surface area contributed by atoms with Crippen LogP contribution in [0.2, 0.25) is 0 Å². The molecule has 2 aliphatic heterocycles. The van der Waals surface area contributed by atoms with E-state index in [1.807, 2.05) is 24.4 Å². The Bertz CT molecular complexity index is 883. The molecule has 0 amide bonds. The van der Waals surface area contributed by atoms with Gasteiger partial charge in [0.05, 0.1) is 12.7 Å². The molecule has 0 bridgehead atoms. The maximum Gasteiger partial charge on any atom is 0.169 e. The van der Waals surface area contributed by atoms with Crippen molar-refractivity contribution in [2.24, 2.45) is 0 Å². The zero-order chi connectivity index (χ0) is 16.1. The highest BCUT2D eigenvalue weighted by Crippen LogP contribution is 2.38. The zero-order valence-corrected chi connectivity index (χ0v) is 12.5. The molecule has 0 saturated heterocycles. The van der Waals surface area contributed by atoms with Gasteiger partial charge in [-0.25, -0.2) is 0 Å². The highest BCUT2D eigenvalue weighted by Gasteiger charge is 2.30. The third kappa shape index (κ3) is 1.98. The average Bonchev–Trinajstić information content (AvgIpc) is 2.54. The topological polar surface area (TPSA) is 74.4 Å². The number of benzene rings is 2. The fraction of sp³-hybridized carbons (Fsp3) is 0.111. The summed E-state index contributed by atoms with van der Waals surface area (Å²) >= 11 is 0. The van der Waals surface area contributed by atoms with E-state index in [0.717, 1.165) is 32.9 Å². The molecule has 0 saturated carbocycles. The van der Waals surface area contributed by atoms with E-state index in [-0.39, 0.29) is 17.2 Å². The van der Waals surface area contributed by atoms with Gasteiger partial charge >= 0.3 is 0 Å². The Hall–Kier alpha value is -2.92. The third-order valence-electron chi connectivity index (χ3n) is 4.39. The summed E-state index contributed by atoms with van der Waals surface area (Å²) in [5, 5.41) is 29.4. The van der Waals surface area contributed by atoms with Crippen molar-refractivity contribution in [2.75, 3.05) is 7.11 Å². The van der Waals surface area contributed by atoms with Crippen molar-refractivity contribution < 1.29 is 25.0 Å². The molecule has 0 fully saturated rings.